The summed E-state index contributed by atoms with van der Waals surface area (Å²) in [6.07, 6.45) is -4.65. The number of nitrogens with zero attached hydrogens (tertiary/aromatic N) is 1. The molecule has 0 aliphatic rings. The van der Waals surface area contributed by atoms with Gasteiger partial charge in [-0.25, -0.2) is 4.39 Å². The summed E-state index contributed by atoms with van der Waals surface area (Å²) in [5.41, 5.74) is -0.317. The third-order valence-corrected chi connectivity index (χ3v) is 4.16. The molecule has 0 atom stereocenters. The first-order chi connectivity index (χ1) is 12.3. The zero-order chi connectivity index (χ0) is 18.9. The van der Waals surface area contributed by atoms with Gasteiger partial charge in [0.25, 0.3) is 5.56 Å². The Bertz CT molecular complexity index is 1010. The molecule has 0 bridgehead atoms. The van der Waals surface area contributed by atoms with Crippen molar-refractivity contribution in [2.75, 3.05) is 0 Å². The average Bonchev–Trinajstić information content (AvgIpc) is 2.58. The second-order valence-electron chi connectivity index (χ2n) is 5.96. The molecule has 6 heteroatoms. The molecule has 0 spiro atoms. The molecule has 1 aromatic heterocycles. The Hall–Kier alpha value is -2.89. The molecule has 26 heavy (non-hydrogen) atoms. The molecule has 2 aromatic carbocycles. The van der Waals surface area contributed by atoms with Gasteiger partial charge in [0.15, 0.2) is 0 Å². The van der Waals surface area contributed by atoms with Crippen LogP contribution in [0.1, 0.15) is 16.7 Å². The smallest absolute Gasteiger partial charge is 0.304 e. The van der Waals surface area contributed by atoms with Crippen LogP contribution < -0.4 is 5.56 Å². The Morgan fingerprint density at radius 2 is 1.62 bits per heavy atom. The van der Waals surface area contributed by atoms with Crippen molar-refractivity contribution in [3.63, 3.8) is 0 Å². The van der Waals surface area contributed by atoms with Crippen LogP contribution in [0.15, 0.2) is 65.5 Å². The lowest BCUT2D eigenvalue weighted by molar-refractivity contribution is -0.137. The molecule has 0 aliphatic carbocycles. The van der Waals surface area contributed by atoms with Crippen LogP contribution in [0.2, 0.25) is 0 Å². The summed E-state index contributed by atoms with van der Waals surface area (Å²) < 4.78 is 54.7. The molecule has 1 heterocycles. The van der Waals surface area contributed by atoms with Crippen molar-refractivity contribution in [3.05, 3.63) is 93.5 Å². The van der Waals surface area contributed by atoms with Gasteiger partial charge in [-0.1, -0.05) is 42.5 Å². The lowest BCUT2D eigenvalue weighted by atomic mass is 10.0. The highest BCUT2D eigenvalue weighted by Gasteiger charge is 2.32. The van der Waals surface area contributed by atoms with Gasteiger partial charge in [-0.05, 0) is 24.6 Å². The number of aromatic nitrogens is 1. The lowest BCUT2D eigenvalue weighted by Crippen LogP contribution is -2.25. The van der Waals surface area contributed by atoms with Crippen molar-refractivity contribution in [2.24, 2.45) is 0 Å². The first-order valence-electron chi connectivity index (χ1n) is 7.89. The van der Waals surface area contributed by atoms with Crippen LogP contribution in [-0.2, 0) is 12.7 Å². The summed E-state index contributed by atoms with van der Waals surface area (Å²) in [4.78, 5) is 12.4. The molecule has 0 radical (unpaired) electrons. The summed E-state index contributed by atoms with van der Waals surface area (Å²) in [7, 11) is 0. The van der Waals surface area contributed by atoms with Gasteiger partial charge in [-0.3, -0.25) is 4.79 Å². The Balaban J connectivity index is 2.25. The largest absolute Gasteiger partial charge is 0.416 e. The summed E-state index contributed by atoms with van der Waals surface area (Å²) in [6, 6.07) is 14.2. The number of rotatable bonds is 3. The van der Waals surface area contributed by atoms with Crippen molar-refractivity contribution in [3.8, 4) is 11.3 Å². The number of halogens is 4. The molecule has 0 saturated heterocycles. The van der Waals surface area contributed by atoms with E-state index in [0.717, 1.165) is 10.6 Å². The van der Waals surface area contributed by atoms with E-state index in [0.29, 0.717) is 17.2 Å². The molecule has 0 aliphatic heterocycles. The average molecular weight is 361 g/mol. The summed E-state index contributed by atoms with van der Waals surface area (Å²) in [6.45, 7) is 1.58. The monoisotopic (exact) mass is 361 g/mol. The van der Waals surface area contributed by atoms with Crippen LogP contribution in [0.4, 0.5) is 17.6 Å². The van der Waals surface area contributed by atoms with Gasteiger partial charge in [-0.15, -0.1) is 0 Å². The number of hydrogen-bond donors (Lipinski definition) is 0. The van der Waals surface area contributed by atoms with Crippen molar-refractivity contribution in [1.82, 2.24) is 4.57 Å². The van der Waals surface area contributed by atoms with Gasteiger partial charge >= 0.3 is 6.18 Å². The summed E-state index contributed by atoms with van der Waals surface area (Å²) in [5, 5.41) is 0. The van der Waals surface area contributed by atoms with Crippen LogP contribution >= 0.6 is 0 Å². The minimum Gasteiger partial charge on any atom is -0.304 e. The van der Waals surface area contributed by atoms with Gasteiger partial charge in [0.2, 0.25) is 0 Å². The first-order valence-corrected chi connectivity index (χ1v) is 7.89. The van der Waals surface area contributed by atoms with Gasteiger partial charge in [0.05, 0.1) is 17.8 Å². The molecular formula is C20H15F4NO. The molecular weight excluding hydrogens is 346 g/mol. The number of alkyl halides is 3. The van der Waals surface area contributed by atoms with E-state index in [2.05, 4.69) is 0 Å². The minimum absolute atomic E-state index is 0.103. The van der Waals surface area contributed by atoms with E-state index in [4.69, 9.17) is 0 Å². The predicted octanol–water partition coefficient (Wildman–Crippen LogP) is 5.03. The fraction of sp³-hybridized carbons (Fsp3) is 0.150. The predicted molar refractivity (Wildman–Crippen MR) is 91.4 cm³/mol. The topological polar surface area (TPSA) is 22.0 Å². The molecule has 134 valence electrons. The standard InChI is InChI=1S/C20H15F4NO/c1-13-6-2-4-8-16(13)18-10-15(20(22,23)24)11-19(26)25(18)12-14-7-3-5-9-17(14)21/h2-11H,12H2,1H3. The highest BCUT2D eigenvalue weighted by molar-refractivity contribution is 5.64. The molecule has 2 nitrogen and oxygen atoms in total. The highest BCUT2D eigenvalue weighted by atomic mass is 19.4. The number of hydrogen-bond acceptors (Lipinski definition) is 1. The summed E-state index contributed by atoms with van der Waals surface area (Å²) in [5.74, 6) is -0.518. The third kappa shape index (κ3) is 3.54. The number of benzene rings is 2. The molecule has 0 fully saturated rings. The molecule has 0 saturated carbocycles. The van der Waals surface area contributed by atoms with Crippen molar-refractivity contribution in [2.45, 2.75) is 19.6 Å². The van der Waals surface area contributed by atoms with Crippen LogP contribution in [-0.4, -0.2) is 4.57 Å². The fourth-order valence-electron chi connectivity index (χ4n) is 2.80. The van der Waals surface area contributed by atoms with E-state index < -0.39 is 23.1 Å². The quantitative estimate of drug-likeness (QED) is 0.600. The maximum Gasteiger partial charge on any atom is 0.416 e. The maximum atomic E-state index is 14.0. The van der Waals surface area contributed by atoms with E-state index in [1.165, 1.54) is 18.2 Å². The molecule has 3 rings (SSSR count). The van der Waals surface area contributed by atoms with Gasteiger partial charge in [0.1, 0.15) is 5.82 Å². The minimum atomic E-state index is -4.65. The second-order valence-corrected chi connectivity index (χ2v) is 5.96. The van der Waals surface area contributed by atoms with Crippen LogP contribution in [0, 0.1) is 12.7 Å². The Morgan fingerprint density at radius 1 is 0.962 bits per heavy atom. The molecule has 0 unspecified atom stereocenters. The van der Waals surface area contributed by atoms with Crippen molar-refractivity contribution >= 4 is 0 Å². The second kappa shape index (κ2) is 6.78. The Kier molecular flexibility index (Phi) is 4.68. The molecule has 0 N–H and O–H groups in total. The van der Waals surface area contributed by atoms with Crippen molar-refractivity contribution < 1.29 is 17.6 Å². The third-order valence-electron chi connectivity index (χ3n) is 4.16. The van der Waals surface area contributed by atoms with E-state index >= 15 is 0 Å². The van der Waals surface area contributed by atoms with Crippen LogP contribution in [0.25, 0.3) is 11.3 Å². The van der Waals surface area contributed by atoms with E-state index in [9.17, 15) is 22.4 Å². The maximum absolute atomic E-state index is 14.0. The van der Waals surface area contributed by atoms with Gasteiger partial charge in [-0.2, -0.15) is 13.2 Å². The number of aryl methyl sites for hydroxylation is 1. The Labute approximate surface area is 147 Å². The fourth-order valence-corrected chi connectivity index (χ4v) is 2.80. The van der Waals surface area contributed by atoms with E-state index in [1.54, 1.807) is 37.3 Å². The van der Waals surface area contributed by atoms with E-state index in [1.807, 2.05) is 0 Å². The normalized spacial score (nSPS) is 11.6. The SMILES string of the molecule is Cc1ccccc1-c1cc(C(F)(F)F)cc(=O)n1Cc1ccccc1F. The first kappa shape index (κ1) is 17.9. The zero-order valence-electron chi connectivity index (χ0n) is 13.8. The van der Waals surface area contributed by atoms with Crippen molar-refractivity contribution in [1.29, 1.82) is 0 Å². The summed E-state index contributed by atoms with van der Waals surface area (Å²) >= 11 is 0. The molecule has 0 amide bonds. The zero-order valence-corrected chi connectivity index (χ0v) is 13.8. The van der Waals surface area contributed by atoms with Crippen LogP contribution in [0.3, 0.4) is 0 Å². The highest BCUT2D eigenvalue weighted by Crippen LogP contribution is 2.32. The Morgan fingerprint density at radius 3 is 2.27 bits per heavy atom. The number of pyridine rings is 1. The van der Waals surface area contributed by atoms with Gasteiger partial charge in [0, 0.05) is 17.2 Å². The van der Waals surface area contributed by atoms with Gasteiger partial charge < -0.3 is 4.57 Å². The lowest BCUT2D eigenvalue weighted by Gasteiger charge is -2.17. The van der Waals surface area contributed by atoms with E-state index in [-0.39, 0.29) is 17.8 Å². The van der Waals surface area contributed by atoms with Crippen LogP contribution in [0.5, 0.6) is 0 Å². The molecule has 3 aromatic rings.